The Morgan fingerprint density at radius 1 is 0.909 bits per heavy atom. The lowest BCUT2D eigenvalue weighted by Gasteiger charge is -2.26. The van der Waals surface area contributed by atoms with Crippen molar-refractivity contribution in [3.8, 4) is 0 Å². The largest absolute Gasteiger partial charge is 0.465 e. The Bertz CT molecular complexity index is 1250. The van der Waals surface area contributed by atoms with Gasteiger partial charge in [-0.2, -0.15) is 0 Å². The molecule has 0 saturated carbocycles. The van der Waals surface area contributed by atoms with Gasteiger partial charge in [0, 0.05) is 5.56 Å². The Morgan fingerprint density at radius 2 is 1.61 bits per heavy atom. The number of methoxy groups -OCH3 is 1. The molecular weight excluding hydrogens is 410 g/mol. The van der Waals surface area contributed by atoms with E-state index >= 15 is 0 Å². The second-order valence-corrected chi connectivity index (χ2v) is 9.47. The van der Waals surface area contributed by atoms with Gasteiger partial charge in [-0.15, -0.1) is 0 Å². The summed E-state index contributed by atoms with van der Waals surface area (Å²) in [6, 6.07) is 23.6. The summed E-state index contributed by atoms with van der Waals surface area (Å²) in [6.45, 7) is 8.87. The van der Waals surface area contributed by atoms with Crippen LogP contribution in [0.2, 0.25) is 0 Å². The predicted octanol–water partition coefficient (Wildman–Crippen LogP) is 6.29. The number of benzene rings is 3. The summed E-state index contributed by atoms with van der Waals surface area (Å²) in [7, 11) is 1.37. The number of fused-ring (bicyclic) bond motifs is 1. The summed E-state index contributed by atoms with van der Waals surface area (Å²) in [6.07, 6.45) is 0. The van der Waals surface area contributed by atoms with Crippen LogP contribution in [-0.2, 0) is 16.1 Å². The van der Waals surface area contributed by atoms with Gasteiger partial charge in [0.2, 0.25) is 0 Å². The van der Waals surface area contributed by atoms with E-state index < -0.39 is 0 Å². The SMILES string of the molecule is COC(=O)c1cccc(CN2C(=O)C(=C(c3ccc(C)cc3)C(C)(C)C)c3ccccc32)c1. The van der Waals surface area contributed by atoms with Crippen molar-refractivity contribution in [2.75, 3.05) is 12.0 Å². The molecular formula is C29H29NO3. The van der Waals surface area contributed by atoms with Crippen molar-refractivity contribution in [3.63, 3.8) is 0 Å². The molecule has 1 heterocycles. The number of carbonyl (C=O) groups excluding carboxylic acids is 2. The Kier molecular flexibility index (Phi) is 5.94. The van der Waals surface area contributed by atoms with Gasteiger partial charge in [-0.3, -0.25) is 4.79 Å². The molecule has 0 saturated heterocycles. The lowest BCUT2D eigenvalue weighted by molar-refractivity contribution is -0.113. The molecule has 4 rings (SSSR count). The molecule has 4 heteroatoms. The number of hydrogen-bond acceptors (Lipinski definition) is 3. The van der Waals surface area contributed by atoms with E-state index in [4.69, 9.17) is 4.74 Å². The van der Waals surface area contributed by atoms with E-state index in [-0.39, 0.29) is 17.3 Å². The molecule has 0 N–H and O–H groups in total. The van der Waals surface area contributed by atoms with Crippen molar-refractivity contribution < 1.29 is 14.3 Å². The maximum atomic E-state index is 13.9. The highest BCUT2D eigenvalue weighted by Gasteiger charge is 2.37. The van der Waals surface area contributed by atoms with Gasteiger partial charge in [-0.05, 0) is 47.2 Å². The Labute approximate surface area is 195 Å². The zero-order valence-corrected chi connectivity index (χ0v) is 19.8. The molecule has 0 fully saturated rings. The van der Waals surface area contributed by atoms with E-state index in [0.29, 0.717) is 12.1 Å². The molecule has 0 aliphatic carbocycles. The van der Waals surface area contributed by atoms with Crippen LogP contribution in [0.1, 0.15) is 53.4 Å². The number of anilines is 1. The Morgan fingerprint density at radius 3 is 2.27 bits per heavy atom. The summed E-state index contributed by atoms with van der Waals surface area (Å²) < 4.78 is 4.86. The standard InChI is InChI=1S/C29H29NO3/c1-19-13-15-21(16-14-19)26(29(2,3)4)25-23-11-6-7-12-24(23)30(27(25)31)18-20-9-8-10-22(17-20)28(32)33-5/h6-17H,18H2,1-5H3. The first-order chi connectivity index (χ1) is 15.7. The molecule has 1 aliphatic heterocycles. The lowest BCUT2D eigenvalue weighted by Crippen LogP contribution is -2.27. The first-order valence-corrected chi connectivity index (χ1v) is 11.1. The number of rotatable bonds is 4. The molecule has 0 bridgehead atoms. The van der Waals surface area contributed by atoms with Gasteiger partial charge in [0.1, 0.15) is 0 Å². The molecule has 0 aromatic heterocycles. The van der Waals surface area contributed by atoms with Gasteiger partial charge >= 0.3 is 5.97 Å². The number of aryl methyl sites for hydroxylation is 1. The molecule has 168 valence electrons. The molecule has 0 atom stereocenters. The highest BCUT2D eigenvalue weighted by atomic mass is 16.5. The van der Waals surface area contributed by atoms with Crippen molar-refractivity contribution >= 4 is 28.7 Å². The van der Waals surface area contributed by atoms with Crippen LogP contribution in [0.5, 0.6) is 0 Å². The van der Waals surface area contributed by atoms with Gasteiger partial charge in [0.15, 0.2) is 0 Å². The van der Waals surface area contributed by atoms with Crippen molar-refractivity contribution in [2.24, 2.45) is 5.41 Å². The highest BCUT2D eigenvalue weighted by Crippen LogP contribution is 2.47. The van der Waals surface area contributed by atoms with E-state index in [0.717, 1.165) is 33.5 Å². The number of nitrogens with zero attached hydrogens (tertiary/aromatic N) is 1. The van der Waals surface area contributed by atoms with Crippen LogP contribution >= 0.6 is 0 Å². The average Bonchev–Trinajstić information content (AvgIpc) is 3.05. The first-order valence-electron chi connectivity index (χ1n) is 11.1. The molecule has 0 unspecified atom stereocenters. The monoisotopic (exact) mass is 439 g/mol. The van der Waals surface area contributed by atoms with Crippen LogP contribution in [-0.4, -0.2) is 19.0 Å². The zero-order valence-electron chi connectivity index (χ0n) is 19.8. The molecule has 3 aromatic rings. The maximum absolute atomic E-state index is 13.9. The number of ether oxygens (including phenoxy) is 1. The molecule has 1 aliphatic rings. The summed E-state index contributed by atoms with van der Waals surface area (Å²) in [5.41, 5.74) is 6.94. The minimum atomic E-state index is -0.389. The molecule has 1 amide bonds. The summed E-state index contributed by atoms with van der Waals surface area (Å²) in [5.74, 6) is -0.412. The minimum absolute atomic E-state index is 0.0230. The van der Waals surface area contributed by atoms with Crippen LogP contribution in [0.3, 0.4) is 0 Å². The zero-order chi connectivity index (χ0) is 23.8. The van der Waals surface area contributed by atoms with Gasteiger partial charge in [0.25, 0.3) is 5.91 Å². The highest BCUT2D eigenvalue weighted by molar-refractivity contribution is 6.37. The summed E-state index contributed by atoms with van der Waals surface area (Å²) in [4.78, 5) is 27.7. The summed E-state index contributed by atoms with van der Waals surface area (Å²) >= 11 is 0. The van der Waals surface area contributed by atoms with Gasteiger partial charge in [0.05, 0.1) is 30.5 Å². The Balaban J connectivity index is 1.85. The number of amides is 1. The predicted molar refractivity (Wildman–Crippen MR) is 133 cm³/mol. The normalized spacial score (nSPS) is 14.8. The van der Waals surface area contributed by atoms with E-state index in [2.05, 4.69) is 52.0 Å². The van der Waals surface area contributed by atoms with Crippen LogP contribution in [0.15, 0.2) is 72.8 Å². The van der Waals surface area contributed by atoms with E-state index in [1.165, 1.54) is 12.7 Å². The van der Waals surface area contributed by atoms with Crippen molar-refractivity contribution in [1.82, 2.24) is 0 Å². The second kappa shape index (κ2) is 8.70. The number of allylic oxidation sites excluding steroid dienone is 1. The third kappa shape index (κ3) is 4.34. The number of hydrogen-bond donors (Lipinski definition) is 0. The topological polar surface area (TPSA) is 46.6 Å². The fourth-order valence-corrected chi connectivity index (χ4v) is 4.45. The van der Waals surface area contributed by atoms with Crippen LogP contribution in [0, 0.1) is 12.3 Å². The smallest absolute Gasteiger partial charge is 0.337 e. The number of para-hydroxylation sites is 1. The van der Waals surface area contributed by atoms with Gasteiger partial charge in [-0.1, -0.05) is 80.9 Å². The van der Waals surface area contributed by atoms with Crippen LogP contribution < -0.4 is 4.90 Å². The molecule has 33 heavy (non-hydrogen) atoms. The quantitative estimate of drug-likeness (QED) is 0.355. The summed E-state index contributed by atoms with van der Waals surface area (Å²) in [5, 5.41) is 0. The number of esters is 1. The van der Waals surface area contributed by atoms with E-state index in [1.807, 2.05) is 36.4 Å². The maximum Gasteiger partial charge on any atom is 0.337 e. The Hall–Kier alpha value is -3.66. The fourth-order valence-electron chi connectivity index (χ4n) is 4.45. The lowest BCUT2D eigenvalue weighted by atomic mass is 9.77. The number of carbonyl (C=O) groups is 2. The minimum Gasteiger partial charge on any atom is -0.465 e. The van der Waals surface area contributed by atoms with Crippen LogP contribution in [0.25, 0.3) is 11.1 Å². The van der Waals surface area contributed by atoms with Crippen LogP contribution in [0.4, 0.5) is 5.69 Å². The average molecular weight is 440 g/mol. The third-order valence-electron chi connectivity index (χ3n) is 5.95. The van der Waals surface area contributed by atoms with E-state index in [9.17, 15) is 9.59 Å². The molecule has 0 radical (unpaired) electrons. The van der Waals surface area contributed by atoms with Crippen molar-refractivity contribution in [3.05, 3.63) is 101 Å². The molecule has 0 spiro atoms. The first kappa shape index (κ1) is 22.5. The third-order valence-corrected chi connectivity index (χ3v) is 5.95. The second-order valence-electron chi connectivity index (χ2n) is 9.47. The van der Waals surface area contributed by atoms with Crippen molar-refractivity contribution in [2.45, 2.75) is 34.2 Å². The fraction of sp³-hybridized carbons (Fsp3) is 0.241. The molecule has 3 aromatic carbocycles. The van der Waals surface area contributed by atoms with Gasteiger partial charge in [-0.25, -0.2) is 4.79 Å². The van der Waals surface area contributed by atoms with Crippen molar-refractivity contribution in [1.29, 1.82) is 0 Å². The molecule has 4 nitrogen and oxygen atoms in total. The van der Waals surface area contributed by atoms with E-state index in [1.54, 1.807) is 17.0 Å². The van der Waals surface area contributed by atoms with Gasteiger partial charge < -0.3 is 9.64 Å².